The van der Waals surface area contributed by atoms with Gasteiger partial charge in [-0.05, 0) is 25.2 Å². The number of aromatic nitrogens is 2. The smallest absolute Gasteiger partial charge is 0.142 e. The van der Waals surface area contributed by atoms with E-state index < -0.39 is 0 Å². The maximum absolute atomic E-state index is 6.33. The minimum atomic E-state index is 0.559. The summed E-state index contributed by atoms with van der Waals surface area (Å²) in [5.41, 5.74) is 8.55. The van der Waals surface area contributed by atoms with E-state index in [1.54, 1.807) is 0 Å². The zero-order chi connectivity index (χ0) is 13.4. The molecule has 3 nitrogen and oxygen atoms in total. The molecule has 0 unspecified atom stereocenters. The highest BCUT2D eigenvalue weighted by Gasteiger charge is 2.30. The van der Waals surface area contributed by atoms with Crippen LogP contribution in [-0.2, 0) is 6.42 Å². The number of anilines is 1. The largest absolute Gasteiger partial charge is 0.384 e. The van der Waals surface area contributed by atoms with Crippen molar-refractivity contribution in [1.82, 2.24) is 9.55 Å². The summed E-state index contributed by atoms with van der Waals surface area (Å²) >= 11 is 0. The van der Waals surface area contributed by atoms with Crippen molar-refractivity contribution in [3.8, 4) is 11.4 Å². The average Bonchev–Trinajstić information content (AvgIpc) is 3.17. The number of hydrogen-bond acceptors (Lipinski definition) is 2. The van der Waals surface area contributed by atoms with Gasteiger partial charge in [0.1, 0.15) is 11.6 Å². The molecule has 1 fully saturated rings. The standard InChI is InChI=1S/C16H21N3/c1-11(2)10-14-15(17)19(13-8-9-13)16(18-14)12-6-4-3-5-7-12/h3-7,11,13H,8-10,17H2,1-2H3. The highest BCUT2D eigenvalue weighted by atomic mass is 15.2. The highest BCUT2D eigenvalue weighted by Crippen LogP contribution is 2.41. The summed E-state index contributed by atoms with van der Waals surface area (Å²) in [6.07, 6.45) is 3.40. The van der Waals surface area contributed by atoms with E-state index in [9.17, 15) is 0 Å². The van der Waals surface area contributed by atoms with Crippen molar-refractivity contribution < 1.29 is 0 Å². The molecule has 2 aromatic rings. The Morgan fingerprint density at radius 3 is 2.53 bits per heavy atom. The highest BCUT2D eigenvalue weighted by molar-refractivity contribution is 5.61. The fraction of sp³-hybridized carbons (Fsp3) is 0.438. The lowest BCUT2D eigenvalue weighted by molar-refractivity contribution is 0.638. The SMILES string of the molecule is CC(C)Cc1nc(-c2ccccc2)n(C2CC2)c1N. The van der Waals surface area contributed by atoms with Crippen molar-refractivity contribution in [3.63, 3.8) is 0 Å². The van der Waals surface area contributed by atoms with Gasteiger partial charge in [0.15, 0.2) is 0 Å². The van der Waals surface area contributed by atoms with Crippen molar-refractivity contribution in [1.29, 1.82) is 0 Å². The van der Waals surface area contributed by atoms with Crippen LogP contribution < -0.4 is 5.73 Å². The van der Waals surface area contributed by atoms with E-state index in [0.717, 1.165) is 29.3 Å². The third-order valence-corrected chi connectivity index (χ3v) is 3.57. The number of nitrogens with zero attached hydrogens (tertiary/aromatic N) is 2. The summed E-state index contributed by atoms with van der Waals surface area (Å²) < 4.78 is 2.24. The van der Waals surface area contributed by atoms with Crippen molar-refractivity contribution in [2.75, 3.05) is 5.73 Å². The van der Waals surface area contributed by atoms with Crippen LogP contribution in [0.5, 0.6) is 0 Å². The normalized spacial score (nSPS) is 15.1. The van der Waals surface area contributed by atoms with E-state index in [4.69, 9.17) is 10.7 Å². The van der Waals surface area contributed by atoms with Crippen LogP contribution in [0.4, 0.5) is 5.82 Å². The fourth-order valence-electron chi connectivity index (χ4n) is 2.52. The van der Waals surface area contributed by atoms with E-state index in [0.29, 0.717) is 12.0 Å². The predicted octanol–water partition coefficient (Wildman–Crippen LogP) is 3.67. The minimum absolute atomic E-state index is 0.559. The Labute approximate surface area is 114 Å². The quantitative estimate of drug-likeness (QED) is 0.906. The molecule has 1 aromatic heterocycles. The van der Waals surface area contributed by atoms with Gasteiger partial charge in [-0.2, -0.15) is 0 Å². The molecule has 0 aliphatic heterocycles. The molecule has 1 aliphatic rings. The van der Waals surface area contributed by atoms with Crippen LogP contribution in [-0.4, -0.2) is 9.55 Å². The molecule has 0 amide bonds. The first kappa shape index (κ1) is 12.3. The molecule has 3 heteroatoms. The van der Waals surface area contributed by atoms with Gasteiger partial charge in [-0.25, -0.2) is 4.98 Å². The first-order valence-corrected chi connectivity index (χ1v) is 7.08. The van der Waals surface area contributed by atoms with Gasteiger partial charge >= 0.3 is 0 Å². The summed E-state index contributed by atoms with van der Waals surface area (Å²) in [6.45, 7) is 4.41. The predicted molar refractivity (Wildman–Crippen MR) is 78.9 cm³/mol. The van der Waals surface area contributed by atoms with Crippen LogP contribution in [0.2, 0.25) is 0 Å². The number of benzene rings is 1. The summed E-state index contributed by atoms with van der Waals surface area (Å²) in [5.74, 6) is 2.49. The molecular weight excluding hydrogens is 234 g/mol. The molecule has 0 atom stereocenters. The minimum Gasteiger partial charge on any atom is -0.384 e. The Hall–Kier alpha value is -1.77. The third kappa shape index (κ3) is 2.37. The lowest BCUT2D eigenvalue weighted by atomic mass is 10.1. The molecule has 3 rings (SSSR count). The van der Waals surface area contributed by atoms with Crippen LogP contribution in [0.1, 0.15) is 38.4 Å². The second kappa shape index (κ2) is 4.72. The number of imidazole rings is 1. The van der Waals surface area contributed by atoms with E-state index >= 15 is 0 Å². The lowest BCUT2D eigenvalue weighted by Crippen LogP contribution is -2.04. The fourth-order valence-corrected chi connectivity index (χ4v) is 2.52. The van der Waals surface area contributed by atoms with E-state index in [2.05, 4.69) is 42.7 Å². The second-order valence-corrected chi connectivity index (χ2v) is 5.83. The molecule has 2 N–H and O–H groups in total. The maximum Gasteiger partial charge on any atom is 0.142 e. The number of rotatable bonds is 4. The van der Waals surface area contributed by atoms with Crippen molar-refractivity contribution in [2.24, 2.45) is 5.92 Å². The average molecular weight is 255 g/mol. The Balaban J connectivity index is 2.07. The Kier molecular flexibility index (Phi) is 3.05. The Morgan fingerprint density at radius 2 is 1.95 bits per heavy atom. The van der Waals surface area contributed by atoms with Crippen LogP contribution in [0, 0.1) is 5.92 Å². The molecule has 1 aromatic carbocycles. The maximum atomic E-state index is 6.33. The first-order valence-electron chi connectivity index (χ1n) is 7.08. The van der Waals surface area contributed by atoms with Crippen molar-refractivity contribution in [3.05, 3.63) is 36.0 Å². The topological polar surface area (TPSA) is 43.8 Å². The zero-order valence-corrected chi connectivity index (χ0v) is 11.6. The summed E-state index contributed by atoms with van der Waals surface area (Å²) in [7, 11) is 0. The van der Waals surface area contributed by atoms with Crippen LogP contribution in [0.25, 0.3) is 11.4 Å². The number of nitrogens with two attached hydrogens (primary N) is 1. The number of hydrogen-bond donors (Lipinski definition) is 1. The summed E-state index contributed by atoms with van der Waals surface area (Å²) in [4.78, 5) is 4.82. The molecule has 1 saturated carbocycles. The van der Waals surface area contributed by atoms with E-state index in [1.807, 2.05) is 6.07 Å². The van der Waals surface area contributed by atoms with Gasteiger partial charge in [-0.15, -0.1) is 0 Å². The van der Waals surface area contributed by atoms with Gasteiger partial charge in [-0.3, -0.25) is 0 Å². The van der Waals surface area contributed by atoms with E-state index in [1.165, 1.54) is 12.8 Å². The molecule has 100 valence electrons. The van der Waals surface area contributed by atoms with Gasteiger partial charge in [-0.1, -0.05) is 44.2 Å². The van der Waals surface area contributed by atoms with Gasteiger partial charge in [0.25, 0.3) is 0 Å². The molecule has 1 aliphatic carbocycles. The lowest BCUT2D eigenvalue weighted by Gasteiger charge is -2.08. The first-order chi connectivity index (χ1) is 9.16. The third-order valence-electron chi connectivity index (χ3n) is 3.57. The zero-order valence-electron chi connectivity index (χ0n) is 11.6. The molecule has 0 bridgehead atoms. The Morgan fingerprint density at radius 1 is 1.26 bits per heavy atom. The van der Waals surface area contributed by atoms with Crippen molar-refractivity contribution in [2.45, 2.75) is 39.2 Å². The molecule has 0 spiro atoms. The Bertz CT molecular complexity index is 565. The molecule has 0 radical (unpaired) electrons. The van der Waals surface area contributed by atoms with Crippen molar-refractivity contribution >= 4 is 5.82 Å². The van der Waals surface area contributed by atoms with E-state index in [-0.39, 0.29) is 0 Å². The summed E-state index contributed by atoms with van der Waals surface area (Å²) in [5, 5.41) is 0. The number of nitrogen functional groups attached to an aromatic ring is 1. The van der Waals surface area contributed by atoms with Gasteiger partial charge in [0.05, 0.1) is 5.69 Å². The molecule has 19 heavy (non-hydrogen) atoms. The van der Waals surface area contributed by atoms with Crippen LogP contribution >= 0.6 is 0 Å². The van der Waals surface area contributed by atoms with Crippen LogP contribution in [0.15, 0.2) is 30.3 Å². The van der Waals surface area contributed by atoms with Gasteiger partial charge < -0.3 is 10.3 Å². The monoisotopic (exact) mass is 255 g/mol. The van der Waals surface area contributed by atoms with Gasteiger partial charge in [0, 0.05) is 11.6 Å². The molecular formula is C16H21N3. The molecule has 0 saturated heterocycles. The molecule has 1 heterocycles. The van der Waals surface area contributed by atoms with Gasteiger partial charge in [0.2, 0.25) is 0 Å². The summed E-state index contributed by atoms with van der Waals surface area (Å²) in [6, 6.07) is 10.9. The van der Waals surface area contributed by atoms with Crippen LogP contribution in [0.3, 0.4) is 0 Å². The second-order valence-electron chi connectivity index (χ2n) is 5.83.